The third-order valence-corrected chi connectivity index (χ3v) is 8.10. The minimum absolute atomic E-state index is 0.646. The molecule has 4 nitrogen and oxygen atoms in total. The number of ether oxygens (including phenoxy) is 2. The van der Waals surface area contributed by atoms with Gasteiger partial charge in [0.05, 0.1) is 13.2 Å². The van der Waals surface area contributed by atoms with Gasteiger partial charge in [-0.2, -0.15) is 0 Å². The summed E-state index contributed by atoms with van der Waals surface area (Å²) in [5.74, 6) is 1.77. The summed E-state index contributed by atoms with van der Waals surface area (Å²) in [6.07, 6.45) is 6.19. The molecule has 188 valence electrons. The Morgan fingerprint density at radius 2 is 1.03 bits per heavy atom. The Hall–Kier alpha value is -2.90. The molecule has 4 rings (SSSR count). The van der Waals surface area contributed by atoms with E-state index in [0.29, 0.717) is 26.3 Å². The van der Waals surface area contributed by atoms with E-state index in [0.717, 1.165) is 24.3 Å². The fourth-order valence-corrected chi connectivity index (χ4v) is 5.79. The lowest BCUT2D eigenvalue weighted by atomic mass is 10.1. The SMILES string of the molecule is Cc1sc(-c2ccc(OCCCN)cc2)cc1/C=C\c1cc(-c2ccc(OCCCN)cc2)sc1C. The predicted octanol–water partition coefficient (Wildman–Crippen LogP) is 7.39. The Morgan fingerprint density at radius 1 is 0.639 bits per heavy atom. The first kappa shape index (κ1) is 26.2. The summed E-state index contributed by atoms with van der Waals surface area (Å²) in [4.78, 5) is 5.14. The Balaban J connectivity index is 1.43. The molecule has 0 saturated heterocycles. The number of rotatable bonds is 12. The van der Waals surface area contributed by atoms with Crippen LogP contribution in [0.4, 0.5) is 0 Å². The van der Waals surface area contributed by atoms with E-state index in [4.69, 9.17) is 20.9 Å². The summed E-state index contributed by atoms with van der Waals surface area (Å²) in [6, 6.07) is 21.2. The van der Waals surface area contributed by atoms with E-state index in [1.807, 2.05) is 46.9 Å². The molecule has 2 aromatic carbocycles. The van der Waals surface area contributed by atoms with Crippen LogP contribution in [0.5, 0.6) is 11.5 Å². The second-order valence-electron chi connectivity index (χ2n) is 8.61. The molecule has 36 heavy (non-hydrogen) atoms. The van der Waals surface area contributed by atoms with E-state index >= 15 is 0 Å². The Morgan fingerprint density at radius 3 is 1.39 bits per heavy atom. The van der Waals surface area contributed by atoms with Gasteiger partial charge < -0.3 is 20.9 Å². The molecule has 4 N–H and O–H groups in total. The summed E-state index contributed by atoms with van der Waals surface area (Å²) in [5, 5.41) is 0. The summed E-state index contributed by atoms with van der Waals surface area (Å²) >= 11 is 3.64. The average Bonchev–Trinajstić information content (AvgIpc) is 3.45. The van der Waals surface area contributed by atoms with Gasteiger partial charge in [-0.1, -0.05) is 12.2 Å². The standard InChI is InChI=1S/C30H34N2O2S2/c1-21-25(19-29(35-21)23-7-11-27(12-8-23)33-17-3-15-31)5-6-26-20-30(36-22(26)2)24-9-13-28(14-10-24)34-18-4-16-32/h5-14,19-20H,3-4,15-18,31-32H2,1-2H3/b6-5-. The monoisotopic (exact) mass is 518 g/mol. The molecule has 6 heteroatoms. The van der Waals surface area contributed by atoms with E-state index < -0.39 is 0 Å². The molecule has 0 saturated carbocycles. The Labute approximate surface area is 222 Å². The van der Waals surface area contributed by atoms with Crippen LogP contribution in [-0.4, -0.2) is 26.3 Å². The summed E-state index contributed by atoms with van der Waals surface area (Å²) in [6.45, 7) is 6.96. The fourth-order valence-electron chi connectivity index (χ4n) is 3.76. The van der Waals surface area contributed by atoms with Crippen molar-refractivity contribution in [3.63, 3.8) is 0 Å². The molecule has 0 aliphatic heterocycles. The molecule has 0 spiro atoms. The lowest BCUT2D eigenvalue weighted by Crippen LogP contribution is -2.05. The van der Waals surface area contributed by atoms with Crippen molar-refractivity contribution in [2.75, 3.05) is 26.3 Å². The second-order valence-corrected chi connectivity index (χ2v) is 11.1. The quantitative estimate of drug-likeness (QED) is 0.192. The maximum Gasteiger partial charge on any atom is 0.119 e. The van der Waals surface area contributed by atoms with Crippen LogP contribution in [0, 0.1) is 13.8 Å². The van der Waals surface area contributed by atoms with Crippen LogP contribution < -0.4 is 20.9 Å². The molecule has 0 amide bonds. The van der Waals surface area contributed by atoms with Crippen molar-refractivity contribution in [2.45, 2.75) is 26.7 Å². The van der Waals surface area contributed by atoms with Crippen LogP contribution in [-0.2, 0) is 0 Å². The molecule has 4 aromatic rings. The first-order valence-corrected chi connectivity index (χ1v) is 14.0. The van der Waals surface area contributed by atoms with Crippen molar-refractivity contribution in [1.29, 1.82) is 0 Å². The lowest BCUT2D eigenvalue weighted by molar-refractivity contribution is 0.313. The lowest BCUT2D eigenvalue weighted by Gasteiger charge is -2.05. The maximum absolute atomic E-state index is 5.73. The first-order valence-electron chi connectivity index (χ1n) is 12.3. The molecule has 0 aliphatic carbocycles. The molecular formula is C30H34N2O2S2. The number of thiophene rings is 2. The molecular weight excluding hydrogens is 484 g/mol. The third kappa shape index (κ3) is 6.86. The number of benzene rings is 2. The predicted molar refractivity (Wildman–Crippen MR) is 156 cm³/mol. The highest BCUT2D eigenvalue weighted by Gasteiger charge is 2.09. The number of nitrogens with two attached hydrogens (primary N) is 2. The zero-order valence-electron chi connectivity index (χ0n) is 21.0. The van der Waals surface area contributed by atoms with Gasteiger partial charge in [0, 0.05) is 19.5 Å². The molecule has 0 bridgehead atoms. The summed E-state index contributed by atoms with van der Waals surface area (Å²) in [5.41, 5.74) is 16.0. The van der Waals surface area contributed by atoms with Gasteiger partial charge in [-0.05, 0) is 123 Å². The molecule has 2 aromatic heterocycles. The molecule has 0 unspecified atom stereocenters. The van der Waals surface area contributed by atoms with E-state index in [1.54, 1.807) is 0 Å². The first-order chi connectivity index (χ1) is 17.6. The maximum atomic E-state index is 5.73. The van der Waals surface area contributed by atoms with Gasteiger partial charge >= 0.3 is 0 Å². The van der Waals surface area contributed by atoms with Gasteiger partial charge in [0.25, 0.3) is 0 Å². The van der Waals surface area contributed by atoms with Crippen LogP contribution >= 0.6 is 22.7 Å². The molecule has 2 heterocycles. The largest absolute Gasteiger partial charge is 0.494 e. The summed E-state index contributed by atoms with van der Waals surface area (Å²) < 4.78 is 11.5. The highest BCUT2D eigenvalue weighted by Crippen LogP contribution is 2.35. The van der Waals surface area contributed by atoms with Crippen LogP contribution in [0.25, 0.3) is 33.0 Å². The van der Waals surface area contributed by atoms with Crippen molar-refractivity contribution >= 4 is 34.8 Å². The van der Waals surface area contributed by atoms with Crippen molar-refractivity contribution in [3.05, 3.63) is 81.5 Å². The van der Waals surface area contributed by atoms with E-state index in [1.165, 1.54) is 41.8 Å². The second kappa shape index (κ2) is 12.9. The topological polar surface area (TPSA) is 70.5 Å². The minimum Gasteiger partial charge on any atom is -0.494 e. The van der Waals surface area contributed by atoms with Gasteiger partial charge in [-0.3, -0.25) is 0 Å². The zero-order chi connectivity index (χ0) is 25.3. The van der Waals surface area contributed by atoms with E-state index in [9.17, 15) is 0 Å². The van der Waals surface area contributed by atoms with E-state index in [-0.39, 0.29) is 0 Å². The number of hydrogen-bond acceptors (Lipinski definition) is 6. The minimum atomic E-state index is 0.646. The van der Waals surface area contributed by atoms with Crippen molar-refractivity contribution in [3.8, 4) is 32.4 Å². The van der Waals surface area contributed by atoms with Gasteiger partial charge in [0.2, 0.25) is 0 Å². The van der Waals surface area contributed by atoms with Crippen molar-refractivity contribution in [1.82, 2.24) is 0 Å². The van der Waals surface area contributed by atoms with Crippen LogP contribution in [0.3, 0.4) is 0 Å². The van der Waals surface area contributed by atoms with Crippen LogP contribution in [0.15, 0.2) is 60.7 Å². The Kier molecular flexibility index (Phi) is 9.36. The van der Waals surface area contributed by atoms with Gasteiger partial charge in [0.1, 0.15) is 11.5 Å². The van der Waals surface area contributed by atoms with Gasteiger partial charge in [0.15, 0.2) is 0 Å². The van der Waals surface area contributed by atoms with Gasteiger partial charge in [-0.25, -0.2) is 0 Å². The number of hydrogen-bond donors (Lipinski definition) is 2. The molecule has 0 fully saturated rings. The molecule has 0 atom stereocenters. The van der Waals surface area contributed by atoms with Crippen LogP contribution in [0.1, 0.15) is 33.7 Å². The highest BCUT2D eigenvalue weighted by atomic mass is 32.1. The highest BCUT2D eigenvalue weighted by molar-refractivity contribution is 7.16. The average molecular weight is 519 g/mol. The smallest absolute Gasteiger partial charge is 0.119 e. The van der Waals surface area contributed by atoms with Crippen molar-refractivity contribution in [2.24, 2.45) is 11.5 Å². The molecule has 0 radical (unpaired) electrons. The Bertz CT molecular complexity index is 1170. The third-order valence-electron chi connectivity index (χ3n) is 5.87. The molecule has 0 aliphatic rings. The summed E-state index contributed by atoms with van der Waals surface area (Å²) in [7, 11) is 0. The van der Waals surface area contributed by atoms with E-state index in [2.05, 4.69) is 62.4 Å². The number of aryl methyl sites for hydroxylation is 2. The normalized spacial score (nSPS) is 11.3. The zero-order valence-corrected chi connectivity index (χ0v) is 22.6. The van der Waals surface area contributed by atoms with Gasteiger partial charge in [-0.15, -0.1) is 22.7 Å². The fraction of sp³-hybridized carbons (Fsp3) is 0.267. The van der Waals surface area contributed by atoms with Crippen molar-refractivity contribution < 1.29 is 9.47 Å². The van der Waals surface area contributed by atoms with Crippen LogP contribution in [0.2, 0.25) is 0 Å².